The number of hydrogen-bond acceptors (Lipinski definition) is 2. The molecule has 1 aliphatic heterocycles. The van der Waals surface area contributed by atoms with Gasteiger partial charge in [-0.05, 0) is 28.9 Å². The van der Waals surface area contributed by atoms with E-state index in [-0.39, 0.29) is 4.47 Å². The van der Waals surface area contributed by atoms with Crippen molar-refractivity contribution >= 4 is 15.9 Å². The highest BCUT2D eigenvalue weighted by Gasteiger charge is 2.20. The van der Waals surface area contributed by atoms with Crippen molar-refractivity contribution in [1.29, 1.82) is 0 Å². The normalized spacial score (nSPS) is 21.8. The second-order valence-corrected chi connectivity index (χ2v) is 5.21. The maximum atomic E-state index is 13.7. The van der Waals surface area contributed by atoms with Crippen molar-refractivity contribution in [3.05, 3.63) is 33.8 Å². The summed E-state index contributed by atoms with van der Waals surface area (Å²) in [7, 11) is 0. The number of nitrogens with zero attached hydrogens (tertiary/aromatic N) is 1. The zero-order chi connectivity index (χ0) is 12.4. The van der Waals surface area contributed by atoms with Crippen molar-refractivity contribution in [3.8, 4) is 0 Å². The SMILES string of the molecule is C[C@H]1CNCCN1Cc1ccc(Br)c(F)c1F. The highest BCUT2D eigenvalue weighted by atomic mass is 79.9. The van der Waals surface area contributed by atoms with E-state index in [2.05, 4.69) is 33.1 Å². The average Bonchev–Trinajstić information content (AvgIpc) is 2.32. The minimum Gasteiger partial charge on any atom is -0.314 e. The second-order valence-electron chi connectivity index (χ2n) is 4.36. The van der Waals surface area contributed by atoms with Gasteiger partial charge in [0.05, 0.1) is 4.47 Å². The molecule has 0 unspecified atom stereocenters. The van der Waals surface area contributed by atoms with E-state index in [0.717, 1.165) is 19.6 Å². The number of piperazine rings is 1. The number of hydrogen-bond donors (Lipinski definition) is 1. The summed E-state index contributed by atoms with van der Waals surface area (Å²) in [5.74, 6) is -1.55. The van der Waals surface area contributed by atoms with Gasteiger partial charge in [0.2, 0.25) is 0 Å². The van der Waals surface area contributed by atoms with Gasteiger partial charge in [0.1, 0.15) is 0 Å². The summed E-state index contributed by atoms with van der Waals surface area (Å²) in [5.41, 5.74) is 0.416. The predicted octanol–water partition coefficient (Wildman–Crippen LogP) is 2.52. The Morgan fingerprint density at radius 2 is 2.18 bits per heavy atom. The Bertz CT molecular complexity index is 412. The monoisotopic (exact) mass is 304 g/mol. The molecule has 94 valence electrons. The molecule has 1 atom stereocenters. The van der Waals surface area contributed by atoms with Crippen molar-refractivity contribution in [2.45, 2.75) is 19.5 Å². The van der Waals surface area contributed by atoms with Gasteiger partial charge in [0.25, 0.3) is 0 Å². The fourth-order valence-corrected chi connectivity index (χ4v) is 2.33. The molecule has 1 fully saturated rings. The first-order valence-electron chi connectivity index (χ1n) is 5.66. The van der Waals surface area contributed by atoms with Crippen LogP contribution in [-0.2, 0) is 6.54 Å². The minimum absolute atomic E-state index is 0.173. The largest absolute Gasteiger partial charge is 0.314 e. The zero-order valence-electron chi connectivity index (χ0n) is 9.64. The Kier molecular flexibility index (Phi) is 4.12. The summed E-state index contributed by atoms with van der Waals surface area (Å²) in [6, 6.07) is 3.53. The lowest BCUT2D eigenvalue weighted by molar-refractivity contribution is 0.163. The molecular formula is C12H15BrF2N2. The summed E-state index contributed by atoms with van der Waals surface area (Å²) in [6.07, 6.45) is 0. The number of benzene rings is 1. The van der Waals surface area contributed by atoms with Gasteiger partial charge in [-0.3, -0.25) is 4.90 Å². The van der Waals surface area contributed by atoms with Gasteiger partial charge in [0, 0.05) is 37.8 Å². The van der Waals surface area contributed by atoms with Gasteiger partial charge in [-0.15, -0.1) is 0 Å². The predicted molar refractivity (Wildman–Crippen MR) is 66.8 cm³/mol. The van der Waals surface area contributed by atoms with Gasteiger partial charge in [0.15, 0.2) is 11.6 Å². The van der Waals surface area contributed by atoms with E-state index in [1.165, 1.54) is 0 Å². The molecule has 0 radical (unpaired) electrons. The summed E-state index contributed by atoms with van der Waals surface area (Å²) in [4.78, 5) is 2.16. The number of nitrogens with one attached hydrogen (secondary N) is 1. The summed E-state index contributed by atoms with van der Waals surface area (Å²) in [5, 5.41) is 3.27. The molecule has 0 amide bonds. The highest BCUT2D eigenvalue weighted by molar-refractivity contribution is 9.10. The molecule has 0 bridgehead atoms. The molecule has 1 N–H and O–H groups in total. The average molecular weight is 305 g/mol. The molecule has 0 aromatic heterocycles. The quantitative estimate of drug-likeness (QED) is 0.845. The fourth-order valence-electron chi connectivity index (χ4n) is 2.02. The highest BCUT2D eigenvalue weighted by Crippen LogP contribution is 2.22. The van der Waals surface area contributed by atoms with E-state index in [9.17, 15) is 8.78 Å². The van der Waals surface area contributed by atoms with E-state index in [1.807, 2.05) is 0 Å². The number of halogens is 3. The summed E-state index contributed by atoms with van der Waals surface area (Å²) in [6.45, 7) is 5.18. The molecule has 1 aliphatic rings. The van der Waals surface area contributed by atoms with Crippen LogP contribution in [0.5, 0.6) is 0 Å². The third kappa shape index (κ3) is 2.84. The lowest BCUT2D eigenvalue weighted by Gasteiger charge is -2.33. The van der Waals surface area contributed by atoms with Crippen LogP contribution in [0.4, 0.5) is 8.78 Å². The molecule has 5 heteroatoms. The Labute approximate surface area is 108 Å². The fraction of sp³-hybridized carbons (Fsp3) is 0.500. The van der Waals surface area contributed by atoms with E-state index in [0.29, 0.717) is 18.2 Å². The molecular weight excluding hydrogens is 290 g/mol. The van der Waals surface area contributed by atoms with Crippen LogP contribution in [0.1, 0.15) is 12.5 Å². The van der Waals surface area contributed by atoms with E-state index < -0.39 is 11.6 Å². The van der Waals surface area contributed by atoms with Gasteiger partial charge >= 0.3 is 0 Å². The molecule has 2 rings (SSSR count). The standard InChI is InChI=1S/C12H15BrF2N2/c1-8-6-16-4-5-17(8)7-9-2-3-10(13)12(15)11(9)14/h2-3,8,16H,4-7H2,1H3/t8-/m0/s1. The van der Waals surface area contributed by atoms with Crippen LogP contribution in [0.15, 0.2) is 16.6 Å². The van der Waals surface area contributed by atoms with Crippen LogP contribution >= 0.6 is 15.9 Å². The van der Waals surface area contributed by atoms with E-state index in [4.69, 9.17) is 0 Å². The summed E-state index contributed by atoms with van der Waals surface area (Å²) >= 11 is 2.98. The molecule has 0 aliphatic carbocycles. The first kappa shape index (κ1) is 12.9. The van der Waals surface area contributed by atoms with Gasteiger partial charge < -0.3 is 5.32 Å². The third-order valence-electron chi connectivity index (χ3n) is 3.13. The van der Waals surface area contributed by atoms with Crippen LogP contribution in [0, 0.1) is 11.6 Å². The van der Waals surface area contributed by atoms with Crippen molar-refractivity contribution in [2.24, 2.45) is 0 Å². The topological polar surface area (TPSA) is 15.3 Å². The van der Waals surface area contributed by atoms with Crippen molar-refractivity contribution < 1.29 is 8.78 Å². The maximum Gasteiger partial charge on any atom is 0.173 e. The molecule has 0 spiro atoms. The van der Waals surface area contributed by atoms with Crippen LogP contribution < -0.4 is 5.32 Å². The first-order valence-corrected chi connectivity index (χ1v) is 6.46. The van der Waals surface area contributed by atoms with E-state index in [1.54, 1.807) is 12.1 Å². The van der Waals surface area contributed by atoms with E-state index >= 15 is 0 Å². The van der Waals surface area contributed by atoms with Gasteiger partial charge in [-0.2, -0.15) is 0 Å². The minimum atomic E-state index is -0.801. The molecule has 1 heterocycles. The molecule has 2 nitrogen and oxygen atoms in total. The Balaban J connectivity index is 2.15. The first-order chi connectivity index (χ1) is 8.09. The third-order valence-corrected chi connectivity index (χ3v) is 3.74. The molecule has 0 saturated carbocycles. The molecule has 1 aromatic carbocycles. The van der Waals surface area contributed by atoms with Crippen LogP contribution in [0.2, 0.25) is 0 Å². The zero-order valence-corrected chi connectivity index (χ0v) is 11.2. The van der Waals surface area contributed by atoms with Gasteiger partial charge in [-0.25, -0.2) is 8.78 Å². The Morgan fingerprint density at radius 3 is 2.88 bits per heavy atom. The van der Waals surface area contributed by atoms with Gasteiger partial charge in [-0.1, -0.05) is 6.07 Å². The van der Waals surface area contributed by atoms with Crippen LogP contribution in [0.3, 0.4) is 0 Å². The molecule has 1 saturated heterocycles. The lowest BCUT2D eigenvalue weighted by Crippen LogP contribution is -2.49. The molecule has 1 aromatic rings. The smallest absolute Gasteiger partial charge is 0.173 e. The lowest BCUT2D eigenvalue weighted by atomic mass is 10.1. The Morgan fingerprint density at radius 1 is 1.41 bits per heavy atom. The van der Waals surface area contributed by atoms with Crippen molar-refractivity contribution in [2.75, 3.05) is 19.6 Å². The van der Waals surface area contributed by atoms with Crippen molar-refractivity contribution in [3.63, 3.8) is 0 Å². The second kappa shape index (κ2) is 5.42. The molecule has 17 heavy (non-hydrogen) atoms. The van der Waals surface area contributed by atoms with Crippen LogP contribution in [-0.4, -0.2) is 30.6 Å². The number of rotatable bonds is 2. The van der Waals surface area contributed by atoms with Crippen LogP contribution in [0.25, 0.3) is 0 Å². The summed E-state index contributed by atoms with van der Waals surface area (Å²) < 4.78 is 27.3. The maximum absolute atomic E-state index is 13.7. The Hall–Kier alpha value is -0.520. The van der Waals surface area contributed by atoms with Crippen molar-refractivity contribution in [1.82, 2.24) is 10.2 Å².